The number of ether oxygens (including phenoxy) is 2. The number of amides is 2. The fourth-order valence-electron chi connectivity index (χ4n) is 4.95. The molecule has 0 radical (unpaired) electrons. The van der Waals surface area contributed by atoms with Gasteiger partial charge in [0.25, 0.3) is 5.91 Å². The van der Waals surface area contributed by atoms with E-state index in [2.05, 4.69) is 5.32 Å². The first-order valence-corrected chi connectivity index (χ1v) is 12.8. The van der Waals surface area contributed by atoms with E-state index >= 15 is 0 Å². The Bertz CT molecular complexity index is 1520. The van der Waals surface area contributed by atoms with Crippen molar-refractivity contribution in [1.29, 1.82) is 0 Å². The Hall–Kier alpha value is -4.50. The molecule has 8 nitrogen and oxygen atoms in total. The molecule has 4 N–H and O–H groups in total. The van der Waals surface area contributed by atoms with Gasteiger partial charge >= 0.3 is 6.09 Å². The van der Waals surface area contributed by atoms with Crippen molar-refractivity contribution in [1.82, 2.24) is 4.90 Å². The fourth-order valence-corrected chi connectivity index (χ4v) is 6.24. The lowest BCUT2D eigenvalue weighted by molar-refractivity contribution is 0.103. The molecule has 1 aliphatic heterocycles. The minimum Gasteiger partial charge on any atom is -0.496 e. The van der Waals surface area contributed by atoms with Crippen LogP contribution in [0.25, 0.3) is 11.1 Å². The minimum absolute atomic E-state index is 0.171. The summed E-state index contributed by atoms with van der Waals surface area (Å²) in [5, 5.41) is 12.9. The number of nitrogen functional groups attached to an aromatic ring is 1. The number of methoxy groups -OCH3 is 2. The summed E-state index contributed by atoms with van der Waals surface area (Å²) in [6.07, 6.45) is -1.02. The summed E-state index contributed by atoms with van der Waals surface area (Å²) in [6, 6.07) is 22.2. The molecule has 194 valence electrons. The van der Waals surface area contributed by atoms with Crippen LogP contribution in [0.3, 0.4) is 0 Å². The highest BCUT2D eigenvalue weighted by Crippen LogP contribution is 2.50. The molecule has 0 saturated carbocycles. The predicted molar refractivity (Wildman–Crippen MR) is 148 cm³/mol. The van der Waals surface area contributed by atoms with E-state index in [1.165, 1.54) is 16.2 Å². The number of carboxylic acid groups (broad SMARTS) is 1. The zero-order valence-electron chi connectivity index (χ0n) is 20.9. The number of carbonyl (C=O) groups excluding carboxylic acids is 1. The summed E-state index contributed by atoms with van der Waals surface area (Å²) in [4.78, 5) is 28.6. The Kier molecular flexibility index (Phi) is 6.93. The van der Waals surface area contributed by atoms with E-state index in [0.717, 1.165) is 27.1 Å². The van der Waals surface area contributed by atoms with Gasteiger partial charge in [0.1, 0.15) is 16.4 Å². The smallest absolute Gasteiger partial charge is 0.407 e. The molecule has 9 heteroatoms. The number of hydrogen-bond acceptors (Lipinski definition) is 6. The molecule has 5 rings (SSSR count). The van der Waals surface area contributed by atoms with Gasteiger partial charge in [0.2, 0.25) is 0 Å². The lowest BCUT2D eigenvalue weighted by Gasteiger charge is -2.33. The fraction of sp³-hybridized carbons (Fsp3) is 0.172. The number of nitrogens with zero attached hydrogens (tertiary/aromatic N) is 1. The third kappa shape index (κ3) is 4.52. The molecule has 0 spiro atoms. The van der Waals surface area contributed by atoms with Crippen LogP contribution in [0.4, 0.5) is 16.2 Å². The number of thiophene rings is 1. The van der Waals surface area contributed by atoms with Crippen LogP contribution >= 0.6 is 11.3 Å². The van der Waals surface area contributed by atoms with Crippen molar-refractivity contribution in [2.24, 2.45) is 0 Å². The maximum absolute atomic E-state index is 13.8. The summed E-state index contributed by atoms with van der Waals surface area (Å²) < 4.78 is 11.4. The maximum Gasteiger partial charge on any atom is 0.407 e. The van der Waals surface area contributed by atoms with Crippen LogP contribution in [0.1, 0.15) is 31.6 Å². The second-order valence-electron chi connectivity index (χ2n) is 8.84. The molecule has 1 aromatic heterocycles. The van der Waals surface area contributed by atoms with Crippen LogP contribution in [0, 0.1) is 0 Å². The van der Waals surface area contributed by atoms with Gasteiger partial charge in [0.15, 0.2) is 0 Å². The molecule has 1 unspecified atom stereocenters. The van der Waals surface area contributed by atoms with E-state index in [-0.39, 0.29) is 24.9 Å². The normalized spacial score (nSPS) is 14.5. The van der Waals surface area contributed by atoms with Crippen molar-refractivity contribution in [2.75, 3.05) is 31.8 Å². The second kappa shape index (κ2) is 10.5. The molecule has 0 saturated heterocycles. The highest BCUT2D eigenvalue weighted by atomic mass is 32.1. The first-order chi connectivity index (χ1) is 18.4. The van der Waals surface area contributed by atoms with E-state index in [9.17, 15) is 14.7 Å². The zero-order chi connectivity index (χ0) is 26.8. The average Bonchev–Trinajstić information content (AvgIpc) is 3.33. The maximum atomic E-state index is 13.8. The highest BCUT2D eigenvalue weighted by molar-refractivity contribution is 7.15. The van der Waals surface area contributed by atoms with E-state index in [1.54, 1.807) is 38.5 Å². The minimum atomic E-state index is -1.02. The molecule has 3 aromatic carbocycles. The van der Waals surface area contributed by atoms with Crippen molar-refractivity contribution in [3.05, 3.63) is 93.7 Å². The van der Waals surface area contributed by atoms with Crippen molar-refractivity contribution in [3.8, 4) is 22.6 Å². The molecule has 2 amide bonds. The lowest BCUT2D eigenvalue weighted by atomic mass is 9.83. The number of rotatable bonds is 6. The van der Waals surface area contributed by atoms with Crippen LogP contribution in [0.15, 0.2) is 72.8 Å². The highest BCUT2D eigenvalue weighted by Gasteiger charge is 2.38. The van der Waals surface area contributed by atoms with Gasteiger partial charge in [-0.05, 0) is 29.8 Å². The number of benzene rings is 3. The van der Waals surface area contributed by atoms with Crippen molar-refractivity contribution in [2.45, 2.75) is 12.5 Å². The monoisotopic (exact) mass is 529 g/mol. The molecule has 0 fully saturated rings. The zero-order valence-corrected chi connectivity index (χ0v) is 21.7. The first-order valence-electron chi connectivity index (χ1n) is 12.0. The molecule has 2 heterocycles. The van der Waals surface area contributed by atoms with Crippen LogP contribution in [-0.4, -0.2) is 42.8 Å². The lowest BCUT2D eigenvalue weighted by Crippen LogP contribution is -2.37. The van der Waals surface area contributed by atoms with Crippen LogP contribution in [0.5, 0.6) is 11.5 Å². The van der Waals surface area contributed by atoms with Crippen LogP contribution in [0.2, 0.25) is 0 Å². The Morgan fingerprint density at radius 2 is 1.63 bits per heavy atom. The number of carbonyl (C=O) groups is 2. The number of anilines is 2. The summed E-state index contributed by atoms with van der Waals surface area (Å²) >= 11 is 1.29. The summed E-state index contributed by atoms with van der Waals surface area (Å²) in [5.74, 6) is 0.561. The molecular weight excluding hydrogens is 502 g/mol. The number of nitrogens with one attached hydrogen (secondary N) is 1. The van der Waals surface area contributed by atoms with Gasteiger partial charge in [-0.25, -0.2) is 4.79 Å². The molecule has 4 aromatic rings. The summed E-state index contributed by atoms with van der Waals surface area (Å²) in [6.45, 7) is 0.387. The quantitative estimate of drug-likeness (QED) is 0.268. The molecule has 1 aliphatic rings. The Morgan fingerprint density at radius 3 is 2.34 bits per heavy atom. The second-order valence-corrected chi connectivity index (χ2v) is 9.95. The molecule has 38 heavy (non-hydrogen) atoms. The molecular formula is C29H27N3O5S. The molecule has 1 atom stereocenters. The number of nitrogens with two attached hydrogens (primary N) is 1. The van der Waals surface area contributed by atoms with Gasteiger partial charge in [-0.3, -0.25) is 4.79 Å². The number of para-hydroxylation sites is 4. The van der Waals surface area contributed by atoms with E-state index < -0.39 is 6.09 Å². The number of hydrogen-bond donors (Lipinski definition) is 3. The Balaban J connectivity index is 1.76. The molecule has 0 bridgehead atoms. The Labute approximate surface area is 224 Å². The SMILES string of the molecule is COc1ccccc1-c1c(C(=O)Nc2ccccc2N)sc2c1C(c1ccccc1OC)CN(C(=O)O)C2. The average molecular weight is 530 g/mol. The standard InChI is InChI=1S/C29H27N3O5S/c1-36-22-13-7-3-9-17(22)19-15-32(29(34)35)16-24-25(19)26(18-10-4-8-14-23(18)37-2)27(38-24)28(33)31-21-12-6-5-11-20(21)30/h3-14,19H,15-16,30H2,1-2H3,(H,31,33)(H,34,35). The van der Waals surface area contributed by atoms with Gasteiger partial charge in [-0.15, -0.1) is 11.3 Å². The van der Waals surface area contributed by atoms with Gasteiger partial charge in [0, 0.05) is 34.0 Å². The third-order valence-corrected chi connectivity index (χ3v) is 7.87. The van der Waals surface area contributed by atoms with Gasteiger partial charge in [-0.1, -0.05) is 48.5 Å². The van der Waals surface area contributed by atoms with Crippen molar-refractivity contribution >= 4 is 34.7 Å². The first kappa shape index (κ1) is 25.2. The van der Waals surface area contributed by atoms with Crippen molar-refractivity contribution in [3.63, 3.8) is 0 Å². The molecule has 0 aliphatic carbocycles. The van der Waals surface area contributed by atoms with E-state index in [0.29, 0.717) is 27.8 Å². The topological polar surface area (TPSA) is 114 Å². The van der Waals surface area contributed by atoms with Gasteiger partial charge < -0.3 is 30.5 Å². The number of fused-ring (bicyclic) bond motifs is 1. The summed E-state index contributed by atoms with van der Waals surface area (Å²) in [5.41, 5.74) is 10.3. The third-order valence-electron chi connectivity index (χ3n) is 6.68. The predicted octanol–water partition coefficient (Wildman–Crippen LogP) is 5.89. The Morgan fingerprint density at radius 1 is 0.974 bits per heavy atom. The van der Waals surface area contributed by atoms with Crippen LogP contribution in [-0.2, 0) is 6.54 Å². The van der Waals surface area contributed by atoms with Gasteiger partial charge in [-0.2, -0.15) is 0 Å². The summed E-state index contributed by atoms with van der Waals surface area (Å²) in [7, 11) is 3.18. The van der Waals surface area contributed by atoms with E-state index in [1.807, 2.05) is 48.5 Å². The van der Waals surface area contributed by atoms with Crippen molar-refractivity contribution < 1.29 is 24.2 Å². The largest absolute Gasteiger partial charge is 0.496 e. The van der Waals surface area contributed by atoms with Crippen LogP contribution < -0.4 is 20.5 Å². The van der Waals surface area contributed by atoms with E-state index in [4.69, 9.17) is 15.2 Å². The van der Waals surface area contributed by atoms with Gasteiger partial charge in [0.05, 0.1) is 32.1 Å².